The van der Waals surface area contributed by atoms with E-state index in [2.05, 4.69) is 24.2 Å². The van der Waals surface area contributed by atoms with Crippen LogP contribution in [0.25, 0.3) is 0 Å². The van der Waals surface area contributed by atoms with Crippen LogP contribution in [0.5, 0.6) is 0 Å². The zero-order valence-corrected chi connectivity index (χ0v) is 14.6. The second-order valence-corrected chi connectivity index (χ2v) is 7.67. The van der Waals surface area contributed by atoms with Gasteiger partial charge in [0.05, 0.1) is 0 Å². The van der Waals surface area contributed by atoms with Gasteiger partial charge in [-0.3, -0.25) is 0 Å². The van der Waals surface area contributed by atoms with Gasteiger partial charge in [-0.2, -0.15) is 0 Å². The van der Waals surface area contributed by atoms with E-state index < -0.39 is 0 Å². The summed E-state index contributed by atoms with van der Waals surface area (Å²) in [6.07, 6.45) is 18.7. The van der Waals surface area contributed by atoms with Crippen LogP contribution in [0, 0.1) is 0 Å². The molecule has 0 aromatic rings. The van der Waals surface area contributed by atoms with E-state index in [0.29, 0.717) is 0 Å². The maximum atomic E-state index is 4.03. The molecule has 0 aromatic heterocycles. The van der Waals surface area contributed by atoms with E-state index in [1.807, 2.05) is 0 Å². The normalized spacial score (nSPS) is 32.3. The molecule has 0 radical (unpaired) electrons. The van der Waals surface area contributed by atoms with Crippen molar-refractivity contribution in [3.63, 3.8) is 0 Å². The van der Waals surface area contributed by atoms with E-state index >= 15 is 0 Å². The fourth-order valence-electron chi connectivity index (χ4n) is 4.10. The van der Waals surface area contributed by atoms with Gasteiger partial charge in [0, 0.05) is 18.1 Å². The van der Waals surface area contributed by atoms with Crippen molar-refractivity contribution in [1.82, 2.24) is 10.2 Å². The van der Waals surface area contributed by atoms with Crippen LogP contribution in [0.15, 0.2) is 0 Å². The average molecular weight is 295 g/mol. The first-order valence-corrected chi connectivity index (χ1v) is 9.72. The van der Waals surface area contributed by atoms with Crippen molar-refractivity contribution < 1.29 is 0 Å². The van der Waals surface area contributed by atoms with Crippen LogP contribution in [-0.4, -0.2) is 36.6 Å². The molecule has 0 bridgehead atoms. The molecule has 1 N–H and O–H groups in total. The molecule has 0 aromatic carbocycles. The highest BCUT2D eigenvalue weighted by Crippen LogP contribution is 2.20. The predicted octanol–water partition coefficient (Wildman–Crippen LogP) is 4.73. The van der Waals surface area contributed by atoms with E-state index in [1.165, 1.54) is 90.0 Å². The Hall–Kier alpha value is -0.0800. The number of piperidine rings is 1. The van der Waals surface area contributed by atoms with Crippen LogP contribution in [0.4, 0.5) is 0 Å². The fraction of sp³-hybridized carbons (Fsp3) is 1.00. The summed E-state index contributed by atoms with van der Waals surface area (Å²) in [5.74, 6) is 0. The summed E-state index contributed by atoms with van der Waals surface area (Å²) in [5.41, 5.74) is 0. The Morgan fingerprint density at radius 1 is 0.714 bits per heavy atom. The van der Waals surface area contributed by atoms with Gasteiger partial charge < -0.3 is 10.2 Å². The molecule has 1 aliphatic heterocycles. The van der Waals surface area contributed by atoms with Gasteiger partial charge in [-0.1, -0.05) is 57.8 Å². The summed E-state index contributed by atoms with van der Waals surface area (Å²) in [6.45, 7) is 3.65. The third kappa shape index (κ3) is 6.69. The zero-order valence-electron chi connectivity index (χ0n) is 14.6. The Kier molecular flexibility index (Phi) is 8.10. The maximum Gasteiger partial charge on any atom is 0.00966 e. The minimum absolute atomic E-state index is 0.752. The molecule has 1 heterocycles. The number of hydrogen-bond donors (Lipinski definition) is 1. The van der Waals surface area contributed by atoms with Crippen molar-refractivity contribution in [2.45, 2.75) is 109 Å². The van der Waals surface area contributed by atoms with Gasteiger partial charge in [-0.25, -0.2) is 0 Å². The van der Waals surface area contributed by atoms with Crippen molar-refractivity contribution >= 4 is 0 Å². The first-order valence-electron chi connectivity index (χ1n) is 9.72. The molecule has 0 spiro atoms. The Labute approximate surface area is 133 Å². The summed E-state index contributed by atoms with van der Waals surface area (Å²) >= 11 is 0. The van der Waals surface area contributed by atoms with Gasteiger partial charge in [-0.15, -0.1) is 0 Å². The third-order valence-corrected chi connectivity index (χ3v) is 5.78. The molecule has 1 saturated heterocycles. The van der Waals surface area contributed by atoms with Crippen LogP contribution in [-0.2, 0) is 0 Å². The lowest BCUT2D eigenvalue weighted by Crippen LogP contribution is -2.48. The molecule has 2 fully saturated rings. The van der Waals surface area contributed by atoms with Gasteiger partial charge in [-0.05, 0) is 46.2 Å². The van der Waals surface area contributed by atoms with E-state index in [1.54, 1.807) is 0 Å². The van der Waals surface area contributed by atoms with Gasteiger partial charge >= 0.3 is 0 Å². The molecule has 21 heavy (non-hydrogen) atoms. The summed E-state index contributed by atoms with van der Waals surface area (Å²) < 4.78 is 0. The standard InChI is InChI=1S/C19H38N2/c1-17-16-19(14-15-21(17)2)20-18-12-10-8-6-4-3-5-7-9-11-13-18/h17-20H,3-16H2,1-2H3. The molecule has 2 nitrogen and oxygen atoms in total. The molecule has 2 heteroatoms. The SMILES string of the molecule is CC1CC(NC2CCCCCCCCCCC2)CCN1C. The minimum atomic E-state index is 0.752. The summed E-state index contributed by atoms with van der Waals surface area (Å²) in [5, 5.41) is 4.03. The van der Waals surface area contributed by atoms with Crippen molar-refractivity contribution in [2.24, 2.45) is 0 Å². The van der Waals surface area contributed by atoms with Crippen molar-refractivity contribution in [3.05, 3.63) is 0 Å². The second kappa shape index (κ2) is 9.84. The number of rotatable bonds is 2. The van der Waals surface area contributed by atoms with Gasteiger partial charge in [0.2, 0.25) is 0 Å². The van der Waals surface area contributed by atoms with Crippen LogP contribution < -0.4 is 5.32 Å². The molecular formula is C19H38N2. The van der Waals surface area contributed by atoms with Crippen LogP contribution in [0.1, 0.15) is 90.4 Å². The van der Waals surface area contributed by atoms with Gasteiger partial charge in [0.15, 0.2) is 0 Å². The average Bonchev–Trinajstić information content (AvgIpc) is 2.46. The number of nitrogens with zero attached hydrogens (tertiary/aromatic N) is 1. The van der Waals surface area contributed by atoms with E-state index in [0.717, 1.165) is 18.1 Å². The number of hydrogen-bond acceptors (Lipinski definition) is 2. The Bertz CT molecular complexity index is 254. The Balaban J connectivity index is 1.74. The zero-order chi connectivity index (χ0) is 14.9. The highest BCUT2D eigenvalue weighted by Gasteiger charge is 2.24. The van der Waals surface area contributed by atoms with Gasteiger partial charge in [0.1, 0.15) is 0 Å². The molecule has 1 aliphatic carbocycles. The van der Waals surface area contributed by atoms with Gasteiger partial charge in [0.25, 0.3) is 0 Å². The Morgan fingerprint density at radius 3 is 1.76 bits per heavy atom. The Morgan fingerprint density at radius 2 is 1.24 bits per heavy atom. The predicted molar refractivity (Wildman–Crippen MR) is 92.8 cm³/mol. The van der Waals surface area contributed by atoms with Crippen molar-refractivity contribution in [1.29, 1.82) is 0 Å². The monoisotopic (exact) mass is 294 g/mol. The summed E-state index contributed by atoms with van der Waals surface area (Å²) in [7, 11) is 2.27. The highest BCUT2D eigenvalue weighted by molar-refractivity contribution is 4.84. The van der Waals surface area contributed by atoms with Crippen LogP contribution >= 0.6 is 0 Å². The third-order valence-electron chi connectivity index (χ3n) is 5.78. The molecule has 124 valence electrons. The topological polar surface area (TPSA) is 15.3 Å². The molecule has 2 aliphatic rings. The molecule has 2 unspecified atom stereocenters. The lowest BCUT2D eigenvalue weighted by molar-refractivity contribution is 0.159. The van der Waals surface area contributed by atoms with Crippen LogP contribution in [0.2, 0.25) is 0 Å². The maximum absolute atomic E-state index is 4.03. The smallest absolute Gasteiger partial charge is 0.00966 e. The summed E-state index contributed by atoms with van der Waals surface area (Å²) in [6, 6.07) is 2.32. The van der Waals surface area contributed by atoms with E-state index in [4.69, 9.17) is 0 Å². The highest BCUT2D eigenvalue weighted by atomic mass is 15.1. The number of nitrogens with one attached hydrogen (secondary N) is 1. The number of likely N-dealkylation sites (tertiary alicyclic amines) is 1. The lowest BCUT2D eigenvalue weighted by Gasteiger charge is -2.37. The molecule has 2 rings (SSSR count). The largest absolute Gasteiger partial charge is 0.311 e. The fourth-order valence-corrected chi connectivity index (χ4v) is 4.10. The summed E-state index contributed by atoms with van der Waals surface area (Å²) in [4.78, 5) is 2.51. The first kappa shape index (κ1) is 17.3. The van der Waals surface area contributed by atoms with E-state index in [9.17, 15) is 0 Å². The molecular weight excluding hydrogens is 256 g/mol. The lowest BCUT2D eigenvalue weighted by atomic mass is 9.94. The van der Waals surface area contributed by atoms with Crippen molar-refractivity contribution in [2.75, 3.05) is 13.6 Å². The van der Waals surface area contributed by atoms with Crippen LogP contribution in [0.3, 0.4) is 0 Å². The molecule has 0 amide bonds. The van der Waals surface area contributed by atoms with Crippen molar-refractivity contribution in [3.8, 4) is 0 Å². The van der Waals surface area contributed by atoms with E-state index in [-0.39, 0.29) is 0 Å². The molecule has 1 saturated carbocycles. The minimum Gasteiger partial charge on any atom is -0.311 e. The quantitative estimate of drug-likeness (QED) is 0.792. The first-order chi connectivity index (χ1) is 10.3. The second-order valence-electron chi connectivity index (χ2n) is 7.67. The molecule has 2 atom stereocenters.